The van der Waals surface area contributed by atoms with E-state index in [9.17, 15) is 5.11 Å². The van der Waals surface area contributed by atoms with Crippen LogP contribution < -0.4 is 0 Å². The average Bonchev–Trinajstić information content (AvgIpc) is 2.80. The fourth-order valence-corrected chi connectivity index (χ4v) is 2.55. The van der Waals surface area contributed by atoms with Crippen molar-refractivity contribution in [3.63, 3.8) is 0 Å². The first-order valence-electron chi connectivity index (χ1n) is 11.2. The van der Waals surface area contributed by atoms with Crippen molar-refractivity contribution < 1.29 is 43.4 Å². The highest BCUT2D eigenvalue weighted by Crippen LogP contribution is 2.03. The van der Waals surface area contributed by atoms with E-state index >= 15 is 0 Å². The lowest BCUT2D eigenvalue weighted by molar-refractivity contribution is -0.0259. The molecule has 2 N–H and O–H groups in total. The Hall–Kier alpha value is -1.14. The Morgan fingerprint density at radius 3 is 1.31 bits per heavy atom. The minimum Gasteiger partial charge on any atom is -0.394 e. The van der Waals surface area contributed by atoms with Gasteiger partial charge in [0.1, 0.15) is 0 Å². The minimum atomic E-state index is -0.512. The Bertz CT molecular complexity index is 490. The zero-order valence-electron chi connectivity index (χ0n) is 19.0. The minimum absolute atomic E-state index is 0.0278. The van der Waals surface area contributed by atoms with Crippen LogP contribution in [0.3, 0.4) is 0 Å². The van der Waals surface area contributed by atoms with Crippen molar-refractivity contribution in [1.82, 2.24) is 0 Å². The third-order valence-electron chi connectivity index (χ3n) is 4.09. The van der Waals surface area contributed by atoms with E-state index in [0.717, 1.165) is 5.56 Å². The molecule has 186 valence electrons. The normalized spacial score (nSPS) is 12.3. The van der Waals surface area contributed by atoms with Crippen LogP contribution in [0.15, 0.2) is 30.3 Å². The molecule has 0 spiro atoms. The number of benzene rings is 1. The summed E-state index contributed by atoms with van der Waals surface area (Å²) >= 11 is 0. The van der Waals surface area contributed by atoms with Gasteiger partial charge in [-0.3, -0.25) is 0 Å². The summed E-state index contributed by atoms with van der Waals surface area (Å²) in [5.74, 6) is 0. The highest BCUT2D eigenvalue weighted by atomic mass is 16.6. The molecular weight excluding hydrogens is 420 g/mol. The van der Waals surface area contributed by atoms with Crippen molar-refractivity contribution in [1.29, 1.82) is 0 Å². The van der Waals surface area contributed by atoms with Gasteiger partial charge in [0.25, 0.3) is 0 Å². The third-order valence-corrected chi connectivity index (χ3v) is 4.09. The van der Waals surface area contributed by atoms with Crippen LogP contribution in [-0.2, 0) is 39.6 Å². The Kier molecular flexibility index (Phi) is 20.8. The lowest BCUT2D eigenvalue weighted by Crippen LogP contribution is -2.20. The summed E-state index contributed by atoms with van der Waals surface area (Å²) in [4.78, 5) is 0. The predicted molar refractivity (Wildman–Crippen MR) is 119 cm³/mol. The molecule has 1 atom stereocenters. The zero-order valence-corrected chi connectivity index (χ0v) is 19.0. The van der Waals surface area contributed by atoms with E-state index in [1.165, 1.54) is 0 Å². The first-order chi connectivity index (χ1) is 15.8. The number of hydrogen-bond donors (Lipinski definition) is 2. The monoisotopic (exact) mass is 460 g/mol. The van der Waals surface area contributed by atoms with Gasteiger partial charge in [-0.2, -0.15) is 0 Å². The molecule has 0 heterocycles. The number of hydrogen-bond acceptors (Lipinski definition) is 9. The van der Waals surface area contributed by atoms with Gasteiger partial charge in [-0.25, -0.2) is 0 Å². The van der Waals surface area contributed by atoms with Crippen LogP contribution in [0.2, 0.25) is 0 Å². The first-order valence-corrected chi connectivity index (χ1v) is 11.2. The lowest BCUT2D eigenvalue weighted by Gasteiger charge is -2.11. The van der Waals surface area contributed by atoms with Crippen molar-refractivity contribution in [3.8, 4) is 0 Å². The molecule has 0 amide bonds. The molecule has 9 heteroatoms. The molecule has 0 aliphatic rings. The Balaban J connectivity index is 1.70. The van der Waals surface area contributed by atoms with Crippen molar-refractivity contribution in [3.05, 3.63) is 35.9 Å². The Labute approximate surface area is 191 Å². The van der Waals surface area contributed by atoms with Crippen LogP contribution in [-0.4, -0.2) is 115 Å². The summed E-state index contributed by atoms with van der Waals surface area (Å²) in [5, 5.41) is 18.5. The largest absolute Gasteiger partial charge is 0.394 e. The maximum atomic E-state index is 9.94. The van der Waals surface area contributed by atoms with E-state index in [1.54, 1.807) is 0 Å². The highest BCUT2D eigenvalue weighted by molar-refractivity contribution is 5.15. The number of aliphatic hydroxyl groups is 2. The smallest absolute Gasteiger partial charge is 0.0813 e. The second-order valence-corrected chi connectivity index (χ2v) is 6.82. The third kappa shape index (κ3) is 19.5. The van der Waals surface area contributed by atoms with Gasteiger partial charge in [-0.1, -0.05) is 30.3 Å². The van der Waals surface area contributed by atoms with Gasteiger partial charge < -0.3 is 43.4 Å². The molecule has 9 nitrogen and oxygen atoms in total. The summed E-state index contributed by atoms with van der Waals surface area (Å²) in [5.41, 5.74) is 1.09. The van der Waals surface area contributed by atoms with Crippen molar-refractivity contribution >= 4 is 0 Å². The fourth-order valence-electron chi connectivity index (χ4n) is 2.55. The topological polar surface area (TPSA) is 105 Å². The van der Waals surface area contributed by atoms with Crippen LogP contribution in [0.1, 0.15) is 5.56 Å². The first kappa shape index (κ1) is 28.9. The van der Waals surface area contributed by atoms with Gasteiger partial charge in [-0.15, -0.1) is 0 Å². The summed E-state index contributed by atoms with van der Waals surface area (Å²) in [6.45, 7) is 6.55. The van der Waals surface area contributed by atoms with E-state index < -0.39 is 6.10 Å². The summed E-state index contributed by atoms with van der Waals surface area (Å²) in [6.07, 6.45) is 0.0724. The number of aliphatic hydroxyl groups excluding tert-OH is 2. The Morgan fingerprint density at radius 1 is 0.531 bits per heavy atom. The fraction of sp³-hybridized carbons (Fsp3) is 0.739. The van der Waals surface area contributed by atoms with Gasteiger partial charge in [0.2, 0.25) is 0 Å². The Morgan fingerprint density at radius 2 is 0.906 bits per heavy atom. The van der Waals surface area contributed by atoms with Crippen LogP contribution >= 0.6 is 0 Å². The molecular formula is C23H40O9. The molecule has 1 unspecified atom stereocenters. The van der Waals surface area contributed by atoms with Crippen LogP contribution in [0.25, 0.3) is 0 Å². The molecule has 0 aromatic heterocycles. The second kappa shape index (κ2) is 23.0. The average molecular weight is 461 g/mol. The van der Waals surface area contributed by atoms with Gasteiger partial charge in [0.15, 0.2) is 0 Å². The van der Waals surface area contributed by atoms with Crippen LogP contribution in [0.5, 0.6) is 0 Å². The molecule has 0 bridgehead atoms. The second-order valence-electron chi connectivity index (χ2n) is 6.82. The summed E-state index contributed by atoms with van der Waals surface area (Å²) < 4.78 is 37.4. The van der Waals surface area contributed by atoms with Crippen LogP contribution in [0.4, 0.5) is 0 Å². The van der Waals surface area contributed by atoms with Gasteiger partial charge in [-0.05, 0) is 5.56 Å². The quantitative estimate of drug-likeness (QED) is 0.216. The van der Waals surface area contributed by atoms with Gasteiger partial charge >= 0.3 is 0 Å². The predicted octanol–water partition coefficient (Wildman–Crippen LogP) is 0.699. The maximum absolute atomic E-state index is 9.94. The molecule has 0 aliphatic heterocycles. The van der Waals surface area contributed by atoms with Crippen molar-refractivity contribution in [2.24, 2.45) is 0 Å². The van der Waals surface area contributed by atoms with Crippen molar-refractivity contribution in [2.75, 3.05) is 99.1 Å². The SMILES string of the molecule is OCCOCCOCCOCCOCCOCCOCCOCC(O)Cc1ccccc1. The number of rotatable bonds is 24. The standard InChI is InChI=1S/C23H40O9/c24-6-7-26-8-9-27-10-11-28-12-13-29-14-15-30-16-17-31-18-19-32-21-23(25)20-22-4-2-1-3-5-22/h1-5,23-25H,6-21H2. The number of ether oxygens (including phenoxy) is 7. The molecule has 1 aromatic rings. The van der Waals surface area contributed by atoms with E-state index in [2.05, 4.69) is 0 Å². The molecule has 32 heavy (non-hydrogen) atoms. The van der Waals surface area contributed by atoms with Crippen LogP contribution in [0, 0.1) is 0 Å². The molecule has 0 radical (unpaired) electrons. The molecule has 0 fully saturated rings. The summed E-state index contributed by atoms with van der Waals surface area (Å²) in [6, 6.07) is 9.85. The summed E-state index contributed by atoms with van der Waals surface area (Å²) in [7, 11) is 0. The molecule has 0 saturated heterocycles. The molecule has 0 saturated carbocycles. The maximum Gasteiger partial charge on any atom is 0.0813 e. The van der Waals surface area contributed by atoms with E-state index in [-0.39, 0.29) is 6.61 Å². The molecule has 1 aromatic carbocycles. The van der Waals surface area contributed by atoms with Gasteiger partial charge in [0, 0.05) is 6.42 Å². The lowest BCUT2D eigenvalue weighted by atomic mass is 10.1. The van der Waals surface area contributed by atoms with Gasteiger partial charge in [0.05, 0.1) is 105 Å². The van der Waals surface area contributed by atoms with Crippen molar-refractivity contribution in [2.45, 2.75) is 12.5 Å². The molecule has 0 aliphatic carbocycles. The van der Waals surface area contributed by atoms with E-state index in [4.69, 9.17) is 38.3 Å². The molecule has 1 rings (SSSR count). The zero-order chi connectivity index (χ0) is 23.0. The van der Waals surface area contributed by atoms with E-state index in [1.807, 2.05) is 30.3 Å². The van der Waals surface area contributed by atoms with E-state index in [0.29, 0.717) is 98.9 Å². The highest BCUT2D eigenvalue weighted by Gasteiger charge is 2.05.